The van der Waals surface area contributed by atoms with Gasteiger partial charge in [-0.15, -0.1) is 0 Å². The number of aryl methyl sites for hydroxylation is 2. The summed E-state index contributed by atoms with van der Waals surface area (Å²) in [7, 11) is 0. The molecule has 2 N–H and O–H groups in total. The van der Waals surface area contributed by atoms with Gasteiger partial charge in [0.15, 0.2) is 0 Å². The number of para-hydroxylation sites is 1. The largest absolute Gasteiger partial charge is 0.341 e. The highest BCUT2D eigenvalue weighted by Crippen LogP contribution is 2.15. The first-order valence-corrected chi connectivity index (χ1v) is 8.45. The molecule has 0 aliphatic carbocycles. The summed E-state index contributed by atoms with van der Waals surface area (Å²) >= 11 is 0. The van der Waals surface area contributed by atoms with E-state index >= 15 is 0 Å². The average molecular weight is 331 g/mol. The van der Waals surface area contributed by atoms with Crippen molar-refractivity contribution in [1.82, 2.24) is 25.1 Å². The van der Waals surface area contributed by atoms with Crippen LogP contribution in [-0.4, -0.2) is 19.7 Å². The molecule has 126 valence electrons. The van der Waals surface area contributed by atoms with Crippen molar-refractivity contribution < 1.29 is 0 Å². The van der Waals surface area contributed by atoms with Crippen LogP contribution in [0.2, 0.25) is 0 Å². The van der Waals surface area contributed by atoms with Crippen LogP contribution >= 0.6 is 0 Å². The van der Waals surface area contributed by atoms with Gasteiger partial charge in [0.1, 0.15) is 5.82 Å². The van der Waals surface area contributed by atoms with Crippen LogP contribution in [0.5, 0.6) is 0 Å². The van der Waals surface area contributed by atoms with E-state index < -0.39 is 0 Å². The van der Waals surface area contributed by atoms with Gasteiger partial charge in [-0.05, 0) is 49.2 Å². The molecule has 5 heteroatoms. The Morgan fingerprint density at radius 2 is 1.84 bits per heavy atom. The van der Waals surface area contributed by atoms with Crippen molar-refractivity contribution in [1.29, 1.82) is 0 Å². The maximum absolute atomic E-state index is 4.67. The zero-order chi connectivity index (χ0) is 17.2. The van der Waals surface area contributed by atoms with Crippen molar-refractivity contribution in [2.45, 2.75) is 26.9 Å². The number of benzene rings is 2. The topological polar surface area (TPSA) is 58.5 Å². The summed E-state index contributed by atoms with van der Waals surface area (Å²) in [5, 5.41) is 7.87. The van der Waals surface area contributed by atoms with E-state index in [-0.39, 0.29) is 0 Å². The van der Waals surface area contributed by atoms with Crippen LogP contribution in [-0.2, 0) is 13.1 Å². The third kappa shape index (κ3) is 3.32. The van der Waals surface area contributed by atoms with Gasteiger partial charge in [0.05, 0.1) is 29.0 Å². The molecular formula is C20H21N5. The van der Waals surface area contributed by atoms with Crippen LogP contribution in [0, 0.1) is 13.8 Å². The van der Waals surface area contributed by atoms with Crippen molar-refractivity contribution in [2.24, 2.45) is 0 Å². The summed E-state index contributed by atoms with van der Waals surface area (Å²) in [5.41, 5.74) is 6.68. The van der Waals surface area contributed by atoms with Gasteiger partial charge in [0, 0.05) is 12.7 Å². The maximum Gasteiger partial charge on any atom is 0.121 e. The molecule has 0 amide bonds. The fourth-order valence-electron chi connectivity index (χ4n) is 2.96. The number of imidazole rings is 1. The maximum atomic E-state index is 4.67. The Bertz CT molecular complexity index is 995. The lowest BCUT2D eigenvalue weighted by atomic mass is 10.2. The third-order valence-corrected chi connectivity index (χ3v) is 4.31. The highest BCUT2D eigenvalue weighted by molar-refractivity contribution is 5.78. The molecule has 4 rings (SSSR count). The Labute approximate surface area is 146 Å². The van der Waals surface area contributed by atoms with Crippen molar-refractivity contribution in [3.8, 4) is 5.69 Å². The van der Waals surface area contributed by atoms with Crippen LogP contribution in [0.4, 0.5) is 0 Å². The van der Waals surface area contributed by atoms with Gasteiger partial charge in [-0.2, -0.15) is 5.10 Å². The molecule has 2 aromatic heterocycles. The second kappa shape index (κ2) is 6.53. The van der Waals surface area contributed by atoms with Gasteiger partial charge in [0.2, 0.25) is 0 Å². The first kappa shape index (κ1) is 15.6. The number of aromatic nitrogens is 4. The SMILES string of the molecule is Cc1ccn(-c2ccc(CNCc3nc4c(C)cccc4[nH]3)cc2)n1. The summed E-state index contributed by atoms with van der Waals surface area (Å²) in [6.45, 7) is 5.60. The van der Waals surface area contributed by atoms with Gasteiger partial charge < -0.3 is 10.3 Å². The standard InChI is InChI=1S/C20H21N5/c1-14-4-3-5-18-20(14)23-19(22-18)13-21-12-16-6-8-17(9-7-16)25-11-10-15(2)24-25/h3-11,21H,12-13H2,1-2H3,(H,22,23). The Morgan fingerprint density at radius 3 is 2.56 bits per heavy atom. The molecule has 4 aromatic rings. The summed E-state index contributed by atoms with van der Waals surface area (Å²) < 4.78 is 1.89. The van der Waals surface area contributed by atoms with Gasteiger partial charge >= 0.3 is 0 Å². The number of hydrogen-bond donors (Lipinski definition) is 2. The summed E-state index contributed by atoms with van der Waals surface area (Å²) in [6, 6.07) is 16.6. The van der Waals surface area contributed by atoms with E-state index in [0.29, 0.717) is 6.54 Å². The molecule has 0 aliphatic rings. The molecular weight excluding hydrogens is 310 g/mol. The molecule has 0 atom stereocenters. The number of hydrogen-bond acceptors (Lipinski definition) is 3. The second-order valence-electron chi connectivity index (χ2n) is 6.33. The normalized spacial score (nSPS) is 11.3. The molecule has 0 aliphatic heterocycles. The zero-order valence-corrected chi connectivity index (χ0v) is 14.5. The molecule has 25 heavy (non-hydrogen) atoms. The lowest BCUT2D eigenvalue weighted by Crippen LogP contribution is -2.13. The van der Waals surface area contributed by atoms with E-state index in [9.17, 15) is 0 Å². The predicted octanol–water partition coefficient (Wildman–Crippen LogP) is 3.66. The Hall–Kier alpha value is -2.92. The van der Waals surface area contributed by atoms with E-state index in [2.05, 4.69) is 69.8 Å². The first-order valence-electron chi connectivity index (χ1n) is 8.45. The van der Waals surface area contributed by atoms with E-state index in [0.717, 1.165) is 34.8 Å². The average Bonchev–Trinajstić information content (AvgIpc) is 3.22. The van der Waals surface area contributed by atoms with Gasteiger partial charge in [-0.25, -0.2) is 9.67 Å². The van der Waals surface area contributed by atoms with Gasteiger partial charge in [-0.3, -0.25) is 0 Å². The zero-order valence-electron chi connectivity index (χ0n) is 14.5. The first-order chi connectivity index (χ1) is 12.2. The molecule has 2 heterocycles. The van der Waals surface area contributed by atoms with Crippen LogP contribution in [0.25, 0.3) is 16.7 Å². The molecule has 5 nitrogen and oxygen atoms in total. The van der Waals surface area contributed by atoms with Gasteiger partial charge in [0.25, 0.3) is 0 Å². The van der Waals surface area contributed by atoms with Crippen LogP contribution in [0.1, 0.15) is 22.6 Å². The Balaban J connectivity index is 1.38. The number of nitrogens with one attached hydrogen (secondary N) is 2. The quantitative estimate of drug-likeness (QED) is 0.587. The van der Waals surface area contributed by atoms with E-state index in [1.807, 2.05) is 23.9 Å². The van der Waals surface area contributed by atoms with Gasteiger partial charge in [-0.1, -0.05) is 24.3 Å². The molecule has 0 fully saturated rings. The number of H-pyrrole nitrogens is 1. The second-order valence-corrected chi connectivity index (χ2v) is 6.33. The Kier molecular flexibility index (Phi) is 4.07. The van der Waals surface area contributed by atoms with Crippen molar-refractivity contribution in [2.75, 3.05) is 0 Å². The van der Waals surface area contributed by atoms with Crippen molar-refractivity contribution in [3.05, 3.63) is 77.4 Å². The molecule has 0 radical (unpaired) electrons. The minimum Gasteiger partial charge on any atom is -0.341 e. The smallest absolute Gasteiger partial charge is 0.121 e. The minimum absolute atomic E-state index is 0.716. The monoisotopic (exact) mass is 331 g/mol. The summed E-state index contributed by atoms with van der Waals surface area (Å²) in [4.78, 5) is 8.04. The number of aromatic amines is 1. The lowest BCUT2D eigenvalue weighted by Gasteiger charge is -2.05. The minimum atomic E-state index is 0.716. The molecule has 2 aromatic carbocycles. The molecule has 0 spiro atoms. The van der Waals surface area contributed by atoms with Crippen molar-refractivity contribution in [3.63, 3.8) is 0 Å². The third-order valence-electron chi connectivity index (χ3n) is 4.31. The fraction of sp³-hybridized carbons (Fsp3) is 0.200. The number of rotatable bonds is 5. The molecule has 0 unspecified atom stereocenters. The predicted molar refractivity (Wildman–Crippen MR) is 99.7 cm³/mol. The highest BCUT2D eigenvalue weighted by Gasteiger charge is 2.04. The van der Waals surface area contributed by atoms with Crippen LogP contribution in [0.15, 0.2) is 54.7 Å². The van der Waals surface area contributed by atoms with E-state index in [1.54, 1.807) is 0 Å². The molecule has 0 saturated heterocycles. The fourth-order valence-corrected chi connectivity index (χ4v) is 2.96. The van der Waals surface area contributed by atoms with Crippen LogP contribution < -0.4 is 5.32 Å². The summed E-state index contributed by atoms with van der Waals surface area (Å²) in [6.07, 6.45) is 1.98. The lowest BCUT2D eigenvalue weighted by molar-refractivity contribution is 0.670. The van der Waals surface area contributed by atoms with Crippen LogP contribution in [0.3, 0.4) is 0 Å². The number of nitrogens with zero attached hydrogens (tertiary/aromatic N) is 3. The number of fused-ring (bicyclic) bond motifs is 1. The summed E-state index contributed by atoms with van der Waals surface area (Å²) in [5.74, 6) is 0.966. The van der Waals surface area contributed by atoms with Crippen molar-refractivity contribution >= 4 is 11.0 Å². The van der Waals surface area contributed by atoms with E-state index in [4.69, 9.17) is 0 Å². The highest BCUT2D eigenvalue weighted by atomic mass is 15.3. The Morgan fingerprint density at radius 1 is 1.00 bits per heavy atom. The van der Waals surface area contributed by atoms with E-state index in [1.165, 1.54) is 11.1 Å². The molecule has 0 bridgehead atoms. The molecule has 0 saturated carbocycles.